The molecule has 208 valence electrons. The van der Waals surface area contributed by atoms with E-state index in [0.717, 1.165) is 16.7 Å². The van der Waals surface area contributed by atoms with Gasteiger partial charge in [-0.05, 0) is 35.7 Å². The number of H-pyrrole nitrogens is 1. The Labute approximate surface area is 235 Å². The maximum absolute atomic E-state index is 12.7. The van der Waals surface area contributed by atoms with E-state index in [1.807, 2.05) is 48.5 Å². The number of benzene rings is 2. The van der Waals surface area contributed by atoms with Gasteiger partial charge in [0.15, 0.2) is 5.65 Å². The SMILES string of the molecule is O=C(c1ccc(-c2ccc(-c3nc4nc(OC5CO[C@H](CO)[C@@H](O)C5)[nH]c4cc3Cl)cc2)cc1)N1CC[C@@H](O)C1. The van der Waals surface area contributed by atoms with Gasteiger partial charge in [-0.25, -0.2) is 4.98 Å². The van der Waals surface area contributed by atoms with Crippen molar-refractivity contribution in [2.24, 2.45) is 0 Å². The van der Waals surface area contributed by atoms with Crippen LogP contribution >= 0.6 is 11.6 Å². The number of carbonyl (C=O) groups is 1. The van der Waals surface area contributed by atoms with E-state index in [4.69, 9.17) is 21.1 Å². The Hall–Kier alpha value is -3.54. The van der Waals surface area contributed by atoms with Gasteiger partial charge in [-0.1, -0.05) is 48.0 Å². The number of aromatic amines is 1. The predicted molar refractivity (Wildman–Crippen MR) is 148 cm³/mol. The number of ether oxygens (including phenoxy) is 2. The number of halogens is 1. The number of hydrogen-bond donors (Lipinski definition) is 4. The zero-order valence-electron chi connectivity index (χ0n) is 21.5. The van der Waals surface area contributed by atoms with Crippen LogP contribution in [0.5, 0.6) is 6.01 Å². The van der Waals surface area contributed by atoms with E-state index in [2.05, 4.69) is 15.0 Å². The van der Waals surface area contributed by atoms with Gasteiger partial charge in [-0.3, -0.25) is 4.79 Å². The van der Waals surface area contributed by atoms with Gasteiger partial charge in [0.2, 0.25) is 0 Å². The molecular formula is C29H29ClN4O6. The minimum atomic E-state index is -0.819. The molecule has 1 unspecified atom stereocenters. The smallest absolute Gasteiger partial charge is 0.296 e. The highest BCUT2D eigenvalue weighted by molar-refractivity contribution is 6.33. The minimum Gasteiger partial charge on any atom is -0.459 e. The summed E-state index contributed by atoms with van der Waals surface area (Å²) < 4.78 is 11.3. The number of hydrogen-bond acceptors (Lipinski definition) is 8. The summed E-state index contributed by atoms with van der Waals surface area (Å²) in [6, 6.07) is 17.3. The Morgan fingerprint density at radius 3 is 2.42 bits per heavy atom. The number of amides is 1. The van der Waals surface area contributed by atoms with Gasteiger partial charge in [-0.2, -0.15) is 4.98 Å². The molecule has 2 fully saturated rings. The first-order chi connectivity index (χ1) is 19.4. The largest absolute Gasteiger partial charge is 0.459 e. The molecule has 2 aromatic carbocycles. The number of rotatable bonds is 6. The summed E-state index contributed by atoms with van der Waals surface area (Å²) in [7, 11) is 0. The molecule has 2 saturated heterocycles. The number of pyridine rings is 1. The highest BCUT2D eigenvalue weighted by Crippen LogP contribution is 2.32. The molecule has 1 amide bonds. The van der Waals surface area contributed by atoms with Crippen LogP contribution in [0.15, 0.2) is 54.6 Å². The molecule has 6 rings (SSSR count). The van der Waals surface area contributed by atoms with Crippen LogP contribution in [-0.2, 0) is 4.74 Å². The van der Waals surface area contributed by atoms with Gasteiger partial charge < -0.3 is 34.7 Å². The van der Waals surface area contributed by atoms with Crippen LogP contribution in [0.25, 0.3) is 33.5 Å². The Morgan fingerprint density at radius 1 is 1.07 bits per heavy atom. The molecule has 0 saturated carbocycles. The second-order valence-electron chi connectivity index (χ2n) is 10.2. The molecule has 2 aliphatic rings. The van der Waals surface area contributed by atoms with Crippen LogP contribution in [0, 0.1) is 0 Å². The van der Waals surface area contributed by atoms with E-state index in [1.54, 1.807) is 11.0 Å². The maximum atomic E-state index is 12.7. The number of β-amino-alcohol motifs (C(OH)–C–C–N with tert-alkyl or cyclic N) is 1. The Morgan fingerprint density at radius 2 is 1.77 bits per heavy atom. The molecule has 40 heavy (non-hydrogen) atoms. The summed E-state index contributed by atoms with van der Waals surface area (Å²) in [5.74, 6) is -0.0681. The van der Waals surface area contributed by atoms with Crippen LogP contribution < -0.4 is 4.74 Å². The molecule has 0 aliphatic carbocycles. The van der Waals surface area contributed by atoms with E-state index in [0.29, 0.717) is 53.4 Å². The molecule has 0 bridgehead atoms. The monoisotopic (exact) mass is 564 g/mol. The first kappa shape index (κ1) is 26.7. The van der Waals surface area contributed by atoms with Crippen LogP contribution in [-0.4, -0.2) is 91.8 Å². The van der Waals surface area contributed by atoms with Crippen molar-refractivity contribution < 1.29 is 29.6 Å². The molecule has 4 aromatic rings. The fourth-order valence-electron chi connectivity index (χ4n) is 5.13. The molecule has 4 N–H and O–H groups in total. The number of likely N-dealkylation sites (tertiary alicyclic amines) is 1. The lowest BCUT2D eigenvalue weighted by atomic mass is 10.0. The van der Waals surface area contributed by atoms with E-state index < -0.39 is 24.4 Å². The quantitative estimate of drug-likeness (QED) is 0.280. The Kier molecular flexibility index (Phi) is 7.43. The number of aliphatic hydroxyl groups is 3. The molecule has 2 aliphatic heterocycles. The summed E-state index contributed by atoms with van der Waals surface area (Å²) in [5, 5.41) is 29.5. The summed E-state index contributed by atoms with van der Waals surface area (Å²) in [6.45, 7) is 0.933. The second-order valence-corrected chi connectivity index (χ2v) is 10.6. The van der Waals surface area contributed by atoms with E-state index in [1.165, 1.54) is 0 Å². The standard InChI is InChI=1S/C29H29ClN4O6/c30-22-12-23-27(33-29(31-23)40-21-11-24(37)25(14-35)39-15-21)32-26(22)18-5-1-16(2-6-18)17-3-7-19(8-4-17)28(38)34-10-9-20(36)13-34/h1-8,12,20-21,24-25,35-37H,9-11,13-15H2,(H,31,32,33)/t20-,21?,24+,25-/m1/s1. The Bertz CT molecular complexity index is 1510. The number of nitrogens with zero attached hydrogens (tertiary/aromatic N) is 3. The lowest BCUT2D eigenvalue weighted by molar-refractivity contribution is -0.131. The summed E-state index contributed by atoms with van der Waals surface area (Å²) in [6.07, 6.45) is -1.35. The summed E-state index contributed by atoms with van der Waals surface area (Å²) in [4.78, 5) is 26.5. The number of carbonyl (C=O) groups excluding carboxylic acids is 1. The van der Waals surface area contributed by atoms with Gasteiger partial charge in [0.1, 0.15) is 12.2 Å². The molecular weight excluding hydrogens is 536 g/mol. The topological polar surface area (TPSA) is 141 Å². The third-order valence-electron chi connectivity index (χ3n) is 7.37. The lowest BCUT2D eigenvalue weighted by Gasteiger charge is -2.31. The lowest BCUT2D eigenvalue weighted by Crippen LogP contribution is -2.45. The van der Waals surface area contributed by atoms with Crippen molar-refractivity contribution in [2.75, 3.05) is 26.3 Å². The number of imidazole rings is 1. The molecule has 11 heteroatoms. The van der Waals surface area contributed by atoms with E-state index in [9.17, 15) is 20.1 Å². The minimum absolute atomic E-state index is 0.0681. The molecule has 0 spiro atoms. The van der Waals surface area contributed by atoms with Crippen LogP contribution in [0.1, 0.15) is 23.2 Å². The third kappa shape index (κ3) is 5.41. The van der Waals surface area contributed by atoms with Gasteiger partial charge >= 0.3 is 0 Å². The maximum Gasteiger partial charge on any atom is 0.296 e. The van der Waals surface area contributed by atoms with Gasteiger partial charge in [0, 0.05) is 30.6 Å². The molecule has 0 radical (unpaired) electrons. The van der Waals surface area contributed by atoms with Crippen LogP contribution in [0.2, 0.25) is 5.02 Å². The summed E-state index contributed by atoms with van der Waals surface area (Å²) >= 11 is 6.58. The molecule has 2 aromatic heterocycles. The summed E-state index contributed by atoms with van der Waals surface area (Å²) in [5.41, 5.74) is 5.00. The van der Waals surface area contributed by atoms with E-state index in [-0.39, 0.29) is 25.1 Å². The van der Waals surface area contributed by atoms with Crippen molar-refractivity contribution in [2.45, 2.75) is 37.3 Å². The van der Waals surface area contributed by atoms with E-state index >= 15 is 0 Å². The van der Waals surface area contributed by atoms with Crippen molar-refractivity contribution in [3.63, 3.8) is 0 Å². The van der Waals surface area contributed by atoms with Crippen molar-refractivity contribution in [1.29, 1.82) is 0 Å². The number of fused-ring (bicyclic) bond motifs is 1. The average molecular weight is 565 g/mol. The molecule has 10 nitrogen and oxygen atoms in total. The number of aliphatic hydroxyl groups excluding tert-OH is 3. The van der Waals surface area contributed by atoms with Gasteiger partial charge in [0.25, 0.3) is 11.9 Å². The van der Waals surface area contributed by atoms with Crippen molar-refractivity contribution in [3.05, 3.63) is 65.2 Å². The van der Waals surface area contributed by atoms with Crippen LogP contribution in [0.3, 0.4) is 0 Å². The fourth-order valence-corrected chi connectivity index (χ4v) is 5.39. The molecule has 4 atom stereocenters. The highest BCUT2D eigenvalue weighted by Gasteiger charge is 2.31. The fraction of sp³-hybridized carbons (Fsp3) is 0.345. The second kappa shape index (κ2) is 11.1. The highest BCUT2D eigenvalue weighted by atomic mass is 35.5. The average Bonchev–Trinajstić information content (AvgIpc) is 3.57. The zero-order valence-corrected chi connectivity index (χ0v) is 22.3. The van der Waals surface area contributed by atoms with Crippen molar-refractivity contribution in [3.8, 4) is 28.4 Å². The predicted octanol–water partition coefficient (Wildman–Crippen LogP) is 3.04. The van der Waals surface area contributed by atoms with Crippen molar-refractivity contribution in [1.82, 2.24) is 19.9 Å². The number of aromatic nitrogens is 3. The van der Waals surface area contributed by atoms with Crippen molar-refractivity contribution >= 4 is 28.7 Å². The first-order valence-electron chi connectivity index (χ1n) is 13.2. The first-order valence-corrected chi connectivity index (χ1v) is 13.6. The van der Waals surface area contributed by atoms with Gasteiger partial charge in [0.05, 0.1) is 41.7 Å². The van der Waals surface area contributed by atoms with Gasteiger partial charge in [-0.15, -0.1) is 0 Å². The number of nitrogens with one attached hydrogen (secondary N) is 1. The van der Waals surface area contributed by atoms with Crippen LogP contribution in [0.4, 0.5) is 0 Å². The third-order valence-corrected chi connectivity index (χ3v) is 7.66. The molecule has 4 heterocycles. The normalized spacial score (nSPS) is 23.1. The zero-order chi connectivity index (χ0) is 27.8. The Balaban J connectivity index is 1.16.